The number of hydrogen-bond acceptors (Lipinski definition) is 0. The zero-order chi connectivity index (χ0) is 33.4. The van der Waals surface area contributed by atoms with E-state index in [0.717, 1.165) is 44.3 Å². The molecule has 0 amide bonds. The molecule has 0 nitrogen and oxygen atoms in total. The Balaban J connectivity index is 1.55. The van der Waals surface area contributed by atoms with Gasteiger partial charge in [0.25, 0.3) is 0 Å². The first-order valence-electron chi connectivity index (χ1n) is 17.2. The zero-order valence-corrected chi connectivity index (χ0v) is 21.4. The molecule has 0 aliphatic rings. The molecule has 0 aliphatic carbocycles. The minimum atomic E-state index is -0.433. The molecule has 0 saturated heterocycles. The van der Waals surface area contributed by atoms with Crippen LogP contribution in [0, 0.1) is 0 Å². The molecule has 0 saturated carbocycles. The molecular weight excluding hydrogens is 480 g/mol. The Hall–Kier alpha value is -5.20. The molecule has 0 atom stereocenters. The largest absolute Gasteiger partial charge is 0.0629 e. The molecule has 0 bridgehead atoms. The maximum Gasteiger partial charge on any atom is 0.0629 e. The summed E-state index contributed by atoms with van der Waals surface area (Å²) >= 11 is 0. The van der Waals surface area contributed by atoms with Crippen LogP contribution in [0.5, 0.6) is 0 Å². The summed E-state index contributed by atoms with van der Waals surface area (Å²) in [5, 5.41) is 5.82. The Bertz CT molecular complexity index is 2630. The zero-order valence-electron chi connectivity index (χ0n) is 29.4. The van der Waals surface area contributed by atoms with Gasteiger partial charge < -0.3 is 0 Å². The molecule has 8 rings (SSSR count). The predicted molar refractivity (Wildman–Crippen MR) is 173 cm³/mol. The van der Waals surface area contributed by atoms with Crippen LogP contribution in [0.4, 0.5) is 0 Å². The maximum atomic E-state index is 9.25. The fourth-order valence-corrected chi connectivity index (χ4v) is 5.96. The van der Waals surface area contributed by atoms with Crippen molar-refractivity contribution in [3.8, 4) is 33.4 Å². The van der Waals surface area contributed by atoms with Gasteiger partial charge in [0, 0.05) is 0 Å². The van der Waals surface area contributed by atoms with Gasteiger partial charge in [-0.3, -0.25) is 0 Å². The Morgan fingerprint density at radius 2 is 0.950 bits per heavy atom. The van der Waals surface area contributed by atoms with E-state index in [1.165, 1.54) is 0 Å². The first-order valence-corrected chi connectivity index (χ1v) is 13.2. The van der Waals surface area contributed by atoms with Crippen LogP contribution in [0.3, 0.4) is 0 Å². The molecule has 0 aliphatic heterocycles. The van der Waals surface area contributed by atoms with Gasteiger partial charge in [0.05, 0.1) is 11.0 Å². The predicted octanol–water partition coefficient (Wildman–Crippen LogP) is 11.3. The average molecular weight is 515 g/mol. The van der Waals surface area contributed by atoms with Gasteiger partial charge in [-0.25, -0.2) is 0 Å². The van der Waals surface area contributed by atoms with Crippen molar-refractivity contribution in [1.82, 2.24) is 0 Å². The third-order valence-electron chi connectivity index (χ3n) is 7.69. The monoisotopic (exact) mass is 514 g/mol. The summed E-state index contributed by atoms with van der Waals surface area (Å²) in [7, 11) is 0. The Morgan fingerprint density at radius 1 is 0.350 bits per heavy atom. The Labute approximate surface area is 245 Å². The van der Waals surface area contributed by atoms with Crippen LogP contribution in [-0.2, 0) is 0 Å². The molecule has 0 unspecified atom stereocenters. The van der Waals surface area contributed by atoms with E-state index < -0.39 is 6.04 Å². The van der Waals surface area contributed by atoms with Crippen molar-refractivity contribution < 1.29 is 11.0 Å². The normalized spacial score (nSPS) is 14.3. The van der Waals surface area contributed by atoms with Crippen LogP contribution in [0.25, 0.3) is 76.5 Å². The van der Waals surface area contributed by atoms with E-state index in [0.29, 0.717) is 16.3 Å². The van der Waals surface area contributed by atoms with E-state index in [-0.39, 0.29) is 64.2 Å². The van der Waals surface area contributed by atoms with Crippen molar-refractivity contribution in [1.29, 1.82) is 0 Å². The summed E-state index contributed by atoms with van der Waals surface area (Å²) < 4.78 is 70.2. The van der Waals surface area contributed by atoms with Crippen LogP contribution < -0.4 is 0 Å². The smallest absolute Gasteiger partial charge is 0.0622 e. The van der Waals surface area contributed by atoms with Crippen molar-refractivity contribution in [2.75, 3.05) is 0 Å². The molecule has 0 spiro atoms. The minimum Gasteiger partial charge on any atom is -0.0622 e. The van der Waals surface area contributed by atoms with Crippen molar-refractivity contribution in [2.45, 2.75) is 0 Å². The first-order chi connectivity index (χ1) is 23.2. The number of rotatable bonds is 3. The van der Waals surface area contributed by atoms with Gasteiger partial charge in [0.1, 0.15) is 0 Å². The SMILES string of the molecule is [2H]c1cc([2H])c([2H])c(-c2c3ccccc3c(-c3cccc4c(-c5ccc6ccccc6c5)cccc34)c3c([2H])c([2H])c([2H])c([2H])c23)c1[2H]. The third kappa shape index (κ3) is 3.54. The molecule has 0 aromatic heterocycles. The molecule has 0 radical (unpaired) electrons. The number of fused-ring (bicyclic) bond motifs is 4. The Morgan fingerprint density at radius 3 is 1.73 bits per heavy atom. The summed E-state index contributed by atoms with van der Waals surface area (Å²) in [6, 6.07) is 32.9. The van der Waals surface area contributed by atoms with E-state index >= 15 is 0 Å². The van der Waals surface area contributed by atoms with E-state index in [9.17, 15) is 1.37 Å². The van der Waals surface area contributed by atoms with Gasteiger partial charge >= 0.3 is 0 Å². The maximum absolute atomic E-state index is 9.25. The minimum absolute atomic E-state index is 0.00166. The molecule has 0 N–H and O–H groups in total. The van der Waals surface area contributed by atoms with Crippen LogP contribution in [0.15, 0.2) is 158 Å². The third-order valence-corrected chi connectivity index (χ3v) is 7.69. The fourth-order valence-electron chi connectivity index (χ4n) is 5.96. The van der Waals surface area contributed by atoms with Crippen LogP contribution in [0.1, 0.15) is 11.0 Å². The highest BCUT2D eigenvalue weighted by Gasteiger charge is 2.18. The van der Waals surface area contributed by atoms with Gasteiger partial charge in [0.2, 0.25) is 0 Å². The second-order valence-electron chi connectivity index (χ2n) is 9.87. The molecule has 0 heterocycles. The second-order valence-corrected chi connectivity index (χ2v) is 9.87. The molecule has 40 heavy (non-hydrogen) atoms. The standard InChI is InChI=1S/C40H26/c1-2-13-28(14-3-1)39-35-16-6-8-18-37(35)40(38-19-9-7-17-36(38)39)34-23-11-21-32-31(20-10-22-33(32)34)30-25-24-27-12-4-5-15-29(27)26-30/h1-26H/i2D,3D,6D,8D,13D,14D,16D,18D. The van der Waals surface area contributed by atoms with Crippen LogP contribution in [-0.4, -0.2) is 0 Å². The van der Waals surface area contributed by atoms with E-state index in [1.807, 2.05) is 60.7 Å². The van der Waals surface area contributed by atoms with Crippen LogP contribution >= 0.6 is 0 Å². The topological polar surface area (TPSA) is 0 Å². The van der Waals surface area contributed by atoms with Crippen molar-refractivity contribution >= 4 is 43.1 Å². The van der Waals surface area contributed by atoms with Gasteiger partial charge in [-0.15, -0.1) is 0 Å². The molecule has 0 fully saturated rings. The lowest BCUT2D eigenvalue weighted by Crippen LogP contribution is -1.92. The molecule has 8 aromatic rings. The highest BCUT2D eigenvalue weighted by molar-refractivity contribution is 6.24. The van der Waals surface area contributed by atoms with Crippen molar-refractivity contribution in [3.05, 3.63) is 158 Å². The highest BCUT2D eigenvalue weighted by atomic mass is 14.2. The number of hydrogen-bond donors (Lipinski definition) is 0. The van der Waals surface area contributed by atoms with E-state index in [4.69, 9.17) is 9.60 Å². The lowest BCUT2D eigenvalue weighted by atomic mass is 9.84. The van der Waals surface area contributed by atoms with Gasteiger partial charge in [-0.2, -0.15) is 0 Å². The molecular formula is C40H26. The Kier molecular flexibility index (Phi) is 3.70. The summed E-state index contributed by atoms with van der Waals surface area (Å²) in [5.41, 5.74) is 3.73. The number of benzene rings is 8. The second kappa shape index (κ2) is 9.22. The fraction of sp³-hybridized carbons (Fsp3) is 0. The average Bonchev–Trinajstić information content (AvgIpc) is 3.11. The lowest BCUT2D eigenvalue weighted by Gasteiger charge is -2.19. The van der Waals surface area contributed by atoms with Gasteiger partial charge in [-0.1, -0.05) is 151 Å². The summed E-state index contributed by atoms with van der Waals surface area (Å²) in [4.78, 5) is 0. The van der Waals surface area contributed by atoms with E-state index in [1.54, 1.807) is 0 Å². The summed E-state index contributed by atoms with van der Waals surface area (Å²) in [5.74, 6) is 0. The summed E-state index contributed by atoms with van der Waals surface area (Å²) in [6.07, 6.45) is 0. The highest BCUT2D eigenvalue weighted by Crippen LogP contribution is 2.46. The lowest BCUT2D eigenvalue weighted by molar-refractivity contribution is 1.65. The molecule has 186 valence electrons. The van der Waals surface area contributed by atoms with Gasteiger partial charge in [-0.05, 0) is 82.5 Å². The van der Waals surface area contributed by atoms with Crippen molar-refractivity contribution in [2.24, 2.45) is 0 Å². The van der Waals surface area contributed by atoms with E-state index in [2.05, 4.69) is 42.5 Å². The van der Waals surface area contributed by atoms with Gasteiger partial charge in [0.15, 0.2) is 0 Å². The first kappa shape index (κ1) is 16.0. The molecule has 0 heteroatoms. The molecule has 8 aromatic carbocycles. The quantitative estimate of drug-likeness (QED) is 0.206. The van der Waals surface area contributed by atoms with Crippen molar-refractivity contribution in [3.63, 3.8) is 0 Å². The summed E-state index contributed by atoms with van der Waals surface area (Å²) in [6.45, 7) is 0. The van der Waals surface area contributed by atoms with Crippen LogP contribution in [0.2, 0.25) is 0 Å².